The smallest absolute Gasteiger partial charge is 0.335 e. The van der Waals surface area contributed by atoms with Crippen molar-refractivity contribution in [2.75, 3.05) is 16.6 Å². The van der Waals surface area contributed by atoms with Crippen LogP contribution in [0.2, 0.25) is 0 Å². The van der Waals surface area contributed by atoms with Gasteiger partial charge in [0.1, 0.15) is 0 Å². The molecule has 1 aromatic rings. The van der Waals surface area contributed by atoms with Crippen molar-refractivity contribution in [3.05, 3.63) is 29.8 Å². The maximum Gasteiger partial charge on any atom is 0.335 e. The first-order chi connectivity index (χ1) is 8.92. The van der Waals surface area contributed by atoms with Gasteiger partial charge in [0, 0.05) is 6.54 Å². The largest absolute Gasteiger partial charge is 0.478 e. The number of anilines is 1. The van der Waals surface area contributed by atoms with E-state index in [0.717, 1.165) is 0 Å². The molecule has 0 aliphatic heterocycles. The molecule has 106 valence electrons. The summed E-state index contributed by atoms with van der Waals surface area (Å²) in [6.45, 7) is 4.12. The molecular weight excluding hydrogens is 266 g/mol. The van der Waals surface area contributed by atoms with Gasteiger partial charge in [-0.1, -0.05) is 13.8 Å². The average molecular weight is 285 g/mol. The third kappa shape index (κ3) is 3.96. The van der Waals surface area contributed by atoms with Crippen LogP contribution < -0.4 is 4.31 Å². The molecule has 1 N–H and O–H groups in total. The summed E-state index contributed by atoms with van der Waals surface area (Å²) in [7, 11) is -3.33. The van der Waals surface area contributed by atoms with E-state index >= 15 is 0 Å². The summed E-state index contributed by atoms with van der Waals surface area (Å²) in [6, 6.07) is 5.90. The molecule has 0 atom stereocenters. The minimum atomic E-state index is -3.33. The van der Waals surface area contributed by atoms with E-state index in [1.807, 2.05) is 13.8 Å². The number of carbonyl (C=O) groups is 1. The van der Waals surface area contributed by atoms with Crippen LogP contribution in [0, 0.1) is 0 Å². The van der Waals surface area contributed by atoms with Crippen molar-refractivity contribution in [3.8, 4) is 0 Å². The molecule has 0 aliphatic carbocycles. The van der Waals surface area contributed by atoms with Crippen molar-refractivity contribution in [3.63, 3.8) is 0 Å². The molecule has 5 nitrogen and oxygen atoms in total. The monoisotopic (exact) mass is 285 g/mol. The molecule has 0 aromatic heterocycles. The van der Waals surface area contributed by atoms with Crippen LogP contribution in [0.5, 0.6) is 0 Å². The Kier molecular flexibility index (Phi) is 5.35. The van der Waals surface area contributed by atoms with E-state index in [9.17, 15) is 13.2 Å². The molecule has 0 spiro atoms. The summed E-state index contributed by atoms with van der Waals surface area (Å²) in [5, 5.41) is 8.83. The van der Waals surface area contributed by atoms with Crippen molar-refractivity contribution in [1.82, 2.24) is 0 Å². The van der Waals surface area contributed by atoms with Crippen molar-refractivity contribution in [1.29, 1.82) is 0 Å². The Morgan fingerprint density at radius 3 is 2.16 bits per heavy atom. The van der Waals surface area contributed by atoms with Crippen LogP contribution in [-0.4, -0.2) is 31.8 Å². The lowest BCUT2D eigenvalue weighted by molar-refractivity contribution is 0.0697. The Labute approximate surface area is 113 Å². The lowest BCUT2D eigenvalue weighted by atomic mass is 10.2. The Hall–Kier alpha value is -1.56. The number of rotatable bonds is 7. The summed E-state index contributed by atoms with van der Waals surface area (Å²) in [6.07, 6.45) is 1.25. The number of hydrogen-bond acceptors (Lipinski definition) is 3. The van der Waals surface area contributed by atoms with Crippen LogP contribution in [0.25, 0.3) is 0 Å². The quantitative estimate of drug-likeness (QED) is 0.834. The zero-order valence-corrected chi connectivity index (χ0v) is 12.0. The van der Waals surface area contributed by atoms with Crippen molar-refractivity contribution < 1.29 is 18.3 Å². The molecule has 0 radical (unpaired) electrons. The molecule has 1 aromatic carbocycles. The van der Waals surface area contributed by atoms with Crippen molar-refractivity contribution >= 4 is 21.7 Å². The molecule has 1 rings (SSSR count). The van der Waals surface area contributed by atoms with Gasteiger partial charge in [-0.3, -0.25) is 4.31 Å². The fourth-order valence-electron chi connectivity index (χ4n) is 1.77. The molecule has 0 fully saturated rings. The second-order valence-corrected chi connectivity index (χ2v) is 6.25. The van der Waals surface area contributed by atoms with Gasteiger partial charge in [-0.15, -0.1) is 0 Å². The topological polar surface area (TPSA) is 74.7 Å². The number of benzene rings is 1. The number of sulfonamides is 1. The molecule has 0 unspecified atom stereocenters. The van der Waals surface area contributed by atoms with E-state index in [1.165, 1.54) is 28.6 Å². The van der Waals surface area contributed by atoms with Gasteiger partial charge in [0.25, 0.3) is 0 Å². The van der Waals surface area contributed by atoms with Crippen LogP contribution >= 0.6 is 0 Å². The number of carboxylic acid groups (broad SMARTS) is 1. The third-order valence-corrected chi connectivity index (χ3v) is 4.62. The molecule has 0 amide bonds. The van der Waals surface area contributed by atoms with Crippen molar-refractivity contribution in [2.45, 2.75) is 26.7 Å². The normalized spacial score (nSPS) is 11.3. The van der Waals surface area contributed by atoms with Gasteiger partial charge >= 0.3 is 5.97 Å². The Balaban J connectivity index is 3.09. The van der Waals surface area contributed by atoms with E-state index in [-0.39, 0.29) is 11.3 Å². The second kappa shape index (κ2) is 6.56. The van der Waals surface area contributed by atoms with Crippen LogP contribution in [0.3, 0.4) is 0 Å². The first-order valence-electron chi connectivity index (χ1n) is 6.26. The van der Waals surface area contributed by atoms with Gasteiger partial charge in [0.15, 0.2) is 0 Å². The Morgan fingerprint density at radius 2 is 1.74 bits per heavy atom. The Morgan fingerprint density at radius 1 is 1.16 bits per heavy atom. The van der Waals surface area contributed by atoms with Gasteiger partial charge in [0.05, 0.1) is 17.0 Å². The zero-order valence-electron chi connectivity index (χ0n) is 11.2. The van der Waals surface area contributed by atoms with E-state index in [0.29, 0.717) is 25.1 Å². The Bertz CT molecular complexity index is 522. The van der Waals surface area contributed by atoms with Crippen LogP contribution in [-0.2, 0) is 10.0 Å². The first-order valence-corrected chi connectivity index (χ1v) is 7.87. The zero-order chi connectivity index (χ0) is 14.5. The molecule has 0 saturated carbocycles. The second-order valence-electron chi connectivity index (χ2n) is 4.24. The van der Waals surface area contributed by atoms with Gasteiger partial charge in [-0.05, 0) is 37.1 Å². The summed E-state index contributed by atoms with van der Waals surface area (Å²) in [4.78, 5) is 10.8. The molecule has 0 heterocycles. The van der Waals surface area contributed by atoms with Crippen molar-refractivity contribution in [2.24, 2.45) is 0 Å². The molecule has 0 aliphatic rings. The molecule has 0 saturated heterocycles. The maximum atomic E-state index is 12.1. The highest BCUT2D eigenvalue weighted by molar-refractivity contribution is 7.92. The standard InChI is InChI=1S/C13H19NO4S/c1-3-9-14(19(17,18)10-4-2)12-7-5-11(6-8-12)13(15)16/h5-8H,3-4,9-10H2,1-2H3,(H,15,16). The highest BCUT2D eigenvalue weighted by Gasteiger charge is 2.20. The highest BCUT2D eigenvalue weighted by atomic mass is 32.2. The van der Waals surface area contributed by atoms with Gasteiger partial charge in [0.2, 0.25) is 10.0 Å². The summed E-state index contributed by atoms with van der Waals surface area (Å²) in [5.74, 6) is -0.932. The predicted molar refractivity (Wildman–Crippen MR) is 75.1 cm³/mol. The number of aromatic carboxylic acids is 1. The summed E-state index contributed by atoms with van der Waals surface area (Å²) >= 11 is 0. The molecule has 19 heavy (non-hydrogen) atoms. The summed E-state index contributed by atoms with van der Waals surface area (Å²) in [5.41, 5.74) is 0.661. The number of nitrogens with zero attached hydrogens (tertiary/aromatic N) is 1. The van der Waals surface area contributed by atoms with Gasteiger partial charge < -0.3 is 5.11 Å². The summed E-state index contributed by atoms with van der Waals surface area (Å²) < 4.78 is 25.6. The van der Waals surface area contributed by atoms with E-state index in [2.05, 4.69) is 0 Å². The van der Waals surface area contributed by atoms with Crippen LogP contribution in [0.1, 0.15) is 37.0 Å². The first kappa shape index (κ1) is 15.5. The number of hydrogen-bond donors (Lipinski definition) is 1. The third-order valence-electron chi connectivity index (χ3n) is 2.63. The lowest BCUT2D eigenvalue weighted by Crippen LogP contribution is -2.33. The molecular formula is C13H19NO4S. The maximum absolute atomic E-state index is 12.1. The van der Waals surface area contributed by atoms with Gasteiger partial charge in [-0.2, -0.15) is 0 Å². The highest BCUT2D eigenvalue weighted by Crippen LogP contribution is 2.20. The molecule has 6 heteroatoms. The fourth-order valence-corrected chi connectivity index (χ4v) is 3.41. The van der Waals surface area contributed by atoms with E-state index in [1.54, 1.807) is 0 Å². The number of carboxylic acids is 1. The minimum Gasteiger partial charge on any atom is -0.478 e. The van der Waals surface area contributed by atoms with E-state index in [4.69, 9.17) is 5.11 Å². The van der Waals surface area contributed by atoms with E-state index < -0.39 is 16.0 Å². The van der Waals surface area contributed by atoms with Crippen LogP contribution in [0.4, 0.5) is 5.69 Å². The average Bonchev–Trinajstić information content (AvgIpc) is 2.36. The van der Waals surface area contributed by atoms with Crippen LogP contribution in [0.15, 0.2) is 24.3 Å². The lowest BCUT2D eigenvalue weighted by Gasteiger charge is -2.23. The molecule has 0 bridgehead atoms. The van der Waals surface area contributed by atoms with Gasteiger partial charge in [-0.25, -0.2) is 13.2 Å². The SMILES string of the molecule is CCCN(c1ccc(C(=O)O)cc1)S(=O)(=O)CCC. The predicted octanol–water partition coefficient (Wildman–Crippen LogP) is 2.34. The minimum absolute atomic E-state index is 0.0910. The fraction of sp³-hybridized carbons (Fsp3) is 0.462.